The number of carbonyl (C=O) groups excluding carboxylic acids is 1. The molecular weight excluding hydrogens is 379 g/mol. The first-order chi connectivity index (χ1) is 13.3. The van der Waals surface area contributed by atoms with Crippen LogP contribution in [0.5, 0.6) is 0 Å². The number of benzene rings is 2. The van der Waals surface area contributed by atoms with Crippen molar-refractivity contribution in [3.05, 3.63) is 65.5 Å². The quantitative estimate of drug-likeness (QED) is 0.764. The molecule has 0 N–H and O–H groups in total. The molecule has 0 spiro atoms. The van der Waals surface area contributed by atoms with E-state index in [2.05, 4.69) is 6.92 Å². The smallest absolute Gasteiger partial charge is 0.253 e. The van der Waals surface area contributed by atoms with Gasteiger partial charge >= 0.3 is 0 Å². The lowest BCUT2D eigenvalue weighted by Gasteiger charge is -2.30. The Kier molecular flexibility index (Phi) is 6.03. The molecule has 7 heteroatoms. The Morgan fingerprint density at radius 2 is 1.71 bits per heavy atom. The highest BCUT2D eigenvalue weighted by molar-refractivity contribution is 7.92. The predicted octanol–water partition coefficient (Wildman–Crippen LogP) is 3.66. The van der Waals surface area contributed by atoms with Crippen LogP contribution >= 0.6 is 0 Å². The normalized spacial score (nSPS) is 15.5. The lowest BCUT2D eigenvalue weighted by molar-refractivity contribution is 0.0697. The van der Waals surface area contributed by atoms with Crippen LogP contribution in [0.2, 0.25) is 0 Å². The molecule has 5 nitrogen and oxygen atoms in total. The third-order valence-corrected chi connectivity index (χ3v) is 6.29. The Balaban J connectivity index is 1.81. The van der Waals surface area contributed by atoms with E-state index in [0.717, 1.165) is 36.5 Å². The van der Waals surface area contributed by atoms with Gasteiger partial charge in [-0.05, 0) is 49.1 Å². The molecule has 0 radical (unpaired) electrons. The number of carbonyl (C=O) groups is 1. The second-order valence-electron chi connectivity index (χ2n) is 7.38. The largest absolute Gasteiger partial charge is 0.339 e. The number of hydrogen-bond donors (Lipinski definition) is 0. The number of sulfonamides is 1. The molecule has 0 atom stereocenters. The number of amides is 1. The summed E-state index contributed by atoms with van der Waals surface area (Å²) in [6, 6.07) is 12.6. The van der Waals surface area contributed by atoms with E-state index in [-0.39, 0.29) is 18.0 Å². The average molecular weight is 405 g/mol. The highest BCUT2D eigenvalue weighted by Gasteiger charge is 2.23. The lowest BCUT2D eigenvalue weighted by atomic mass is 9.98. The fourth-order valence-corrected chi connectivity index (χ4v) is 4.22. The summed E-state index contributed by atoms with van der Waals surface area (Å²) >= 11 is 0. The van der Waals surface area contributed by atoms with Crippen LogP contribution in [0.15, 0.2) is 48.5 Å². The molecule has 150 valence electrons. The topological polar surface area (TPSA) is 57.7 Å². The Bertz CT molecular complexity index is 936. The summed E-state index contributed by atoms with van der Waals surface area (Å²) in [6.45, 7) is 3.56. The van der Waals surface area contributed by atoms with Crippen LogP contribution < -0.4 is 4.31 Å². The number of nitrogens with zero attached hydrogens (tertiary/aromatic N) is 2. The van der Waals surface area contributed by atoms with Crippen molar-refractivity contribution in [1.82, 2.24) is 4.90 Å². The van der Waals surface area contributed by atoms with Crippen LogP contribution in [0, 0.1) is 11.7 Å². The molecule has 28 heavy (non-hydrogen) atoms. The number of likely N-dealkylation sites (tertiary alicyclic amines) is 1. The van der Waals surface area contributed by atoms with Crippen LogP contribution in [-0.2, 0) is 16.6 Å². The predicted molar refractivity (Wildman–Crippen MR) is 108 cm³/mol. The SMILES string of the molecule is CC1CCN(C(=O)c2ccc(N(Cc3ccccc3F)S(C)(=O)=O)cc2)CC1. The highest BCUT2D eigenvalue weighted by atomic mass is 32.2. The molecular formula is C21H25FN2O3S. The summed E-state index contributed by atoms with van der Waals surface area (Å²) in [7, 11) is -3.62. The van der Waals surface area contributed by atoms with E-state index in [9.17, 15) is 17.6 Å². The standard InChI is InChI=1S/C21H25FN2O3S/c1-16-11-13-23(14-12-16)21(25)17-7-9-19(10-8-17)24(28(2,26)27)15-18-5-3-4-6-20(18)22/h3-10,16H,11-15H2,1-2H3. The molecule has 0 unspecified atom stereocenters. The Labute approximate surface area is 165 Å². The molecule has 0 saturated carbocycles. The highest BCUT2D eigenvalue weighted by Crippen LogP contribution is 2.24. The van der Waals surface area contributed by atoms with Gasteiger partial charge in [0.05, 0.1) is 18.5 Å². The Hall–Kier alpha value is -2.41. The van der Waals surface area contributed by atoms with Crippen LogP contribution in [0.1, 0.15) is 35.7 Å². The maximum absolute atomic E-state index is 14.0. The zero-order valence-electron chi connectivity index (χ0n) is 16.1. The molecule has 2 aromatic rings. The average Bonchev–Trinajstić information content (AvgIpc) is 2.67. The van der Waals surface area contributed by atoms with Crippen LogP contribution in [0.3, 0.4) is 0 Å². The van der Waals surface area contributed by atoms with Gasteiger partial charge in [0.2, 0.25) is 10.0 Å². The first kappa shape index (κ1) is 20.3. The van der Waals surface area contributed by atoms with Crippen molar-refractivity contribution in [2.45, 2.75) is 26.3 Å². The van der Waals surface area contributed by atoms with Crippen LogP contribution in [-0.4, -0.2) is 38.6 Å². The first-order valence-corrected chi connectivity index (χ1v) is 11.2. The molecule has 0 bridgehead atoms. The monoisotopic (exact) mass is 404 g/mol. The van der Waals surface area contributed by atoms with Crippen LogP contribution in [0.25, 0.3) is 0 Å². The molecule has 1 fully saturated rings. The van der Waals surface area contributed by atoms with E-state index in [0.29, 0.717) is 17.2 Å². The number of hydrogen-bond acceptors (Lipinski definition) is 3. The van der Waals surface area contributed by atoms with Crippen molar-refractivity contribution in [2.24, 2.45) is 5.92 Å². The third kappa shape index (κ3) is 4.70. The molecule has 1 aliphatic rings. The minimum Gasteiger partial charge on any atom is -0.339 e. The Morgan fingerprint density at radius 3 is 2.29 bits per heavy atom. The van der Waals surface area contributed by atoms with E-state index in [1.807, 2.05) is 4.90 Å². The van der Waals surface area contributed by atoms with Gasteiger partial charge in [-0.25, -0.2) is 12.8 Å². The maximum atomic E-state index is 14.0. The van der Waals surface area contributed by atoms with Crippen molar-refractivity contribution in [3.8, 4) is 0 Å². The molecule has 1 amide bonds. The summed E-state index contributed by atoms with van der Waals surface area (Å²) in [4.78, 5) is 14.5. The van der Waals surface area contributed by atoms with E-state index in [1.54, 1.807) is 42.5 Å². The van der Waals surface area contributed by atoms with E-state index >= 15 is 0 Å². The summed E-state index contributed by atoms with van der Waals surface area (Å²) in [6.07, 6.45) is 3.07. The zero-order chi connectivity index (χ0) is 20.3. The summed E-state index contributed by atoms with van der Waals surface area (Å²) in [5.74, 6) is 0.133. The summed E-state index contributed by atoms with van der Waals surface area (Å²) in [5.41, 5.74) is 1.21. The molecule has 0 aromatic heterocycles. The maximum Gasteiger partial charge on any atom is 0.253 e. The van der Waals surface area contributed by atoms with E-state index in [1.165, 1.54) is 6.07 Å². The van der Waals surface area contributed by atoms with Gasteiger partial charge < -0.3 is 4.90 Å². The second-order valence-corrected chi connectivity index (χ2v) is 9.29. The first-order valence-electron chi connectivity index (χ1n) is 9.36. The number of halogens is 1. The molecule has 0 aliphatic carbocycles. The van der Waals surface area contributed by atoms with E-state index < -0.39 is 15.8 Å². The van der Waals surface area contributed by atoms with Crippen LogP contribution in [0.4, 0.5) is 10.1 Å². The number of anilines is 1. The van der Waals surface area contributed by atoms with Gasteiger partial charge in [0.1, 0.15) is 5.82 Å². The molecule has 1 heterocycles. The van der Waals surface area contributed by atoms with E-state index in [4.69, 9.17) is 0 Å². The fourth-order valence-electron chi connectivity index (χ4n) is 3.35. The number of rotatable bonds is 5. The van der Waals surface area contributed by atoms with Crippen molar-refractivity contribution >= 4 is 21.6 Å². The van der Waals surface area contributed by atoms with Gasteiger partial charge in [0, 0.05) is 24.2 Å². The molecule has 1 saturated heterocycles. The summed E-state index contributed by atoms with van der Waals surface area (Å²) in [5, 5.41) is 0. The van der Waals surface area contributed by atoms with Gasteiger partial charge in [0.15, 0.2) is 0 Å². The summed E-state index contributed by atoms with van der Waals surface area (Å²) < 4.78 is 39.7. The number of piperidine rings is 1. The van der Waals surface area contributed by atoms with Gasteiger partial charge in [-0.2, -0.15) is 0 Å². The van der Waals surface area contributed by atoms with Gasteiger partial charge in [-0.1, -0.05) is 25.1 Å². The molecule has 1 aliphatic heterocycles. The van der Waals surface area contributed by atoms with Gasteiger partial charge in [-0.15, -0.1) is 0 Å². The molecule has 2 aromatic carbocycles. The van der Waals surface area contributed by atoms with Crippen molar-refractivity contribution in [3.63, 3.8) is 0 Å². The minimum atomic E-state index is -3.62. The minimum absolute atomic E-state index is 0.0431. The second kappa shape index (κ2) is 8.31. The Morgan fingerprint density at radius 1 is 1.11 bits per heavy atom. The van der Waals surface area contributed by atoms with Crippen molar-refractivity contribution in [2.75, 3.05) is 23.7 Å². The third-order valence-electron chi connectivity index (χ3n) is 5.15. The van der Waals surface area contributed by atoms with Crippen molar-refractivity contribution < 1.29 is 17.6 Å². The fraction of sp³-hybridized carbons (Fsp3) is 0.381. The van der Waals surface area contributed by atoms with Gasteiger partial charge in [-0.3, -0.25) is 9.10 Å². The molecule has 3 rings (SSSR count). The van der Waals surface area contributed by atoms with Crippen molar-refractivity contribution in [1.29, 1.82) is 0 Å². The van der Waals surface area contributed by atoms with Gasteiger partial charge in [0.25, 0.3) is 5.91 Å². The lowest BCUT2D eigenvalue weighted by Crippen LogP contribution is -2.37. The zero-order valence-corrected chi connectivity index (χ0v) is 17.0.